The van der Waals surface area contributed by atoms with Gasteiger partial charge in [-0.2, -0.15) is 0 Å². The maximum atomic E-state index is 5.19. The molecule has 0 amide bonds. The van der Waals surface area contributed by atoms with Gasteiger partial charge in [-0.05, 0) is 53.1 Å². The molecule has 0 radical (unpaired) electrons. The fourth-order valence-electron chi connectivity index (χ4n) is 5.71. The fourth-order valence-corrected chi connectivity index (χ4v) is 5.71. The number of nitrogens with zero attached hydrogens (tertiary/aromatic N) is 5. The number of hydrogen-bond donors (Lipinski definition) is 0. The SMILES string of the molecule is C1=CC2=NC3c4ccccc4N=C(c4cccc(-c5ccc(-c6cn7ccccc7n6)cc5)c4)C3N2C=C1. The number of aliphatic imine (C=N–C) groups is 2. The van der Waals surface area contributed by atoms with Gasteiger partial charge in [0.05, 0.1) is 17.1 Å². The maximum absolute atomic E-state index is 5.19. The molecular formula is C33H23N5. The van der Waals surface area contributed by atoms with E-state index in [2.05, 4.69) is 107 Å². The minimum atomic E-state index is 0.0227. The third kappa shape index (κ3) is 3.29. The van der Waals surface area contributed by atoms with E-state index in [1.165, 1.54) is 5.56 Å². The molecule has 5 nitrogen and oxygen atoms in total. The van der Waals surface area contributed by atoms with Crippen LogP contribution >= 0.6 is 0 Å². The molecule has 3 aromatic carbocycles. The van der Waals surface area contributed by atoms with Gasteiger partial charge in [0.25, 0.3) is 0 Å². The molecule has 2 atom stereocenters. The molecule has 0 saturated carbocycles. The van der Waals surface area contributed by atoms with Crippen LogP contribution in [-0.2, 0) is 0 Å². The van der Waals surface area contributed by atoms with Crippen LogP contribution in [0.1, 0.15) is 17.2 Å². The summed E-state index contributed by atoms with van der Waals surface area (Å²) in [5.41, 5.74) is 9.71. The molecule has 38 heavy (non-hydrogen) atoms. The van der Waals surface area contributed by atoms with Crippen LogP contribution in [0, 0.1) is 0 Å². The van der Waals surface area contributed by atoms with Crippen LogP contribution < -0.4 is 0 Å². The van der Waals surface area contributed by atoms with Crippen LogP contribution in [-0.4, -0.2) is 31.9 Å². The molecule has 3 aliphatic rings. The number of hydrogen-bond acceptors (Lipinski definition) is 4. The van der Waals surface area contributed by atoms with Crippen LogP contribution in [0.3, 0.4) is 0 Å². The number of rotatable bonds is 3. The number of para-hydroxylation sites is 1. The highest BCUT2D eigenvalue weighted by atomic mass is 15.3. The minimum absolute atomic E-state index is 0.0227. The van der Waals surface area contributed by atoms with Crippen molar-refractivity contribution in [3.8, 4) is 22.4 Å². The van der Waals surface area contributed by atoms with Crippen molar-refractivity contribution in [2.75, 3.05) is 0 Å². The average molecular weight is 490 g/mol. The number of pyridine rings is 1. The molecule has 0 bridgehead atoms. The van der Waals surface area contributed by atoms with E-state index in [0.717, 1.165) is 50.8 Å². The van der Waals surface area contributed by atoms with Gasteiger partial charge in [0.15, 0.2) is 0 Å². The Morgan fingerprint density at radius 2 is 1.55 bits per heavy atom. The van der Waals surface area contributed by atoms with Crippen molar-refractivity contribution in [3.63, 3.8) is 0 Å². The highest BCUT2D eigenvalue weighted by Gasteiger charge is 2.42. The zero-order valence-electron chi connectivity index (χ0n) is 20.5. The van der Waals surface area contributed by atoms with Gasteiger partial charge in [0.1, 0.15) is 23.6 Å². The third-order valence-electron chi connectivity index (χ3n) is 7.55. The van der Waals surface area contributed by atoms with Gasteiger partial charge < -0.3 is 9.30 Å². The molecule has 0 saturated heterocycles. The Kier molecular flexibility index (Phi) is 4.58. The van der Waals surface area contributed by atoms with E-state index in [0.29, 0.717) is 0 Å². The van der Waals surface area contributed by atoms with Crippen molar-refractivity contribution in [2.45, 2.75) is 12.1 Å². The quantitative estimate of drug-likeness (QED) is 0.274. The zero-order chi connectivity index (χ0) is 25.1. The lowest BCUT2D eigenvalue weighted by molar-refractivity contribution is 0.473. The normalized spacial score (nSPS) is 19.1. The van der Waals surface area contributed by atoms with Gasteiger partial charge in [-0.25, -0.2) is 4.98 Å². The van der Waals surface area contributed by atoms with E-state index < -0.39 is 0 Å². The summed E-state index contributed by atoms with van der Waals surface area (Å²) in [6.45, 7) is 0. The number of allylic oxidation sites excluding steroid dienone is 2. The number of amidine groups is 1. The summed E-state index contributed by atoms with van der Waals surface area (Å²) in [5.74, 6) is 0.991. The Labute approximate surface area is 220 Å². The van der Waals surface area contributed by atoms with Crippen molar-refractivity contribution >= 4 is 22.9 Å². The van der Waals surface area contributed by atoms with Crippen LogP contribution in [0.25, 0.3) is 28.0 Å². The van der Waals surface area contributed by atoms with Gasteiger partial charge in [-0.3, -0.25) is 9.98 Å². The molecule has 8 rings (SSSR count). The Morgan fingerprint density at radius 3 is 2.47 bits per heavy atom. The largest absolute Gasteiger partial charge is 0.322 e. The summed E-state index contributed by atoms with van der Waals surface area (Å²) in [4.78, 5) is 17.3. The summed E-state index contributed by atoms with van der Waals surface area (Å²) in [6, 6.07) is 31.9. The molecule has 0 N–H and O–H groups in total. The molecular weight excluding hydrogens is 466 g/mol. The second-order valence-electron chi connectivity index (χ2n) is 9.79. The number of fused-ring (bicyclic) bond motifs is 6. The summed E-state index contributed by atoms with van der Waals surface area (Å²) >= 11 is 0. The molecule has 0 aliphatic carbocycles. The molecule has 0 spiro atoms. The standard InChI is InChI=1S/C33H23N5/c1-2-11-27-26(10-1)32-33(38-19-6-4-13-30(38)36-32)31(35-27)25-9-7-8-24(20-25)22-14-16-23(17-15-22)28-21-37-18-5-3-12-29(37)34-28/h1-21,32-33H. The first-order valence-electron chi connectivity index (χ1n) is 12.9. The van der Waals surface area contributed by atoms with Gasteiger partial charge in [0, 0.05) is 29.7 Å². The van der Waals surface area contributed by atoms with Crippen molar-refractivity contribution in [1.29, 1.82) is 0 Å². The van der Waals surface area contributed by atoms with Crippen LogP contribution in [0.4, 0.5) is 5.69 Å². The second-order valence-corrected chi connectivity index (χ2v) is 9.79. The van der Waals surface area contributed by atoms with E-state index in [-0.39, 0.29) is 12.1 Å². The smallest absolute Gasteiger partial charge is 0.137 e. The maximum Gasteiger partial charge on any atom is 0.137 e. The first-order valence-corrected chi connectivity index (χ1v) is 12.9. The van der Waals surface area contributed by atoms with E-state index in [9.17, 15) is 0 Å². The van der Waals surface area contributed by atoms with Gasteiger partial charge in [-0.15, -0.1) is 0 Å². The molecule has 2 aromatic heterocycles. The van der Waals surface area contributed by atoms with Crippen molar-refractivity contribution < 1.29 is 0 Å². The van der Waals surface area contributed by atoms with E-state index in [1.54, 1.807) is 0 Å². The van der Waals surface area contributed by atoms with Gasteiger partial charge in [-0.1, -0.05) is 72.8 Å². The van der Waals surface area contributed by atoms with Crippen LogP contribution in [0.2, 0.25) is 0 Å². The van der Waals surface area contributed by atoms with E-state index in [1.807, 2.05) is 30.5 Å². The Balaban J connectivity index is 1.17. The van der Waals surface area contributed by atoms with E-state index in [4.69, 9.17) is 15.0 Å². The minimum Gasteiger partial charge on any atom is -0.322 e. The molecule has 180 valence electrons. The highest BCUT2D eigenvalue weighted by molar-refractivity contribution is 6.12. The summed E-state index contributed by atoms with van der Waals surface area (Å²) in [7, 11) is 0. The predicted octanol–water partition coefficient (Wildman–Crippen LogP) is 7.01. The van der Waals surface area contributed by atoms with Gasteiger partial charge in [0.2, 0.25) is 0 Å². The summed E-state index contributed by atoms with van der Waals surface area (Å²) in [5, 5.41) is 0. The Morgan fingerprint density at radius 1 is 0.711 bits per heavy atom. The second kappa shape index (κ2) is 8.25. The number of imidazole rings is 1. The lowest BCUT2D eigenvalue weighted by atomic mass is 9.87. The van der Waals surface area contributed by atoms with Crippen molar-refractivity contribution in [3.05, 3.63) is 139 Å². The van der Waals surface area contributed by atoms with Crippen LogP contribution in [0.5, 0.6) is 0 Å². The van der Waals surface area contributed by atoms with Crippen molar-refractivity contribution in [2.24, 2.45) is 9.98 Å². The number of benzene rings is 3. The lowest BCUT2D eigenvalue weighted by Crippen LogP contribution is -2.41. The fraction of sp³-hybridized carbons (Fsp3) is 0.0606. The monoisotopic (exact) mass is 489 g/mol. The molecule has 0 fully saturated rings. The summed E-state index contributed by atoms with van der Waals surface area (Å²) in [6.07, 6.45) is 12.4. The Hall–Kier alpha value is -5.03. The molecule has 2 unspecified atom stereocenters. The lowest BCUT2D eigenvalue weighted by Gasteiger charge is -2.33. The molecule has 5 heteroatoms. The van der Waals surface area contributed by atoms with Gasteiger partial charge >= 0.3 is 0 Å². The molecule has 5 heterocycles. The Bertz CT molecular complexity index is 1800. The first kappa shape index (κ1) is 21.1. The predicted molar refractivity (Wildman–Crippen MR) is 153 cm³/mol. The number of aromatic nitrogens is 2. The topological polar surface area (TPSA) is 45.3 Å². The average Bonchev–Trinajstić information content (AvgIpc) is 3.59. The van der Waals surface area contributed by atoms with Crippen LogP contribution in [0.15, 0.2) is 138 Å². The highest BCUT2D eigenvalue weighted by Crippen LogP contribution is 2.43. The zero-order valence-corrected chi connectivity index (χ0v) is 20.5. The third-order valence-corrected chi connectivity index (χ3v) is 7.55. The first-order chi connectivity index (χ1) is 18.8. The van der Waals surface area contributed by atoms with Crippen molar-refractivity contribution in [1.82, 2.24) is 14.3 Å². The molecule has 5 aromatic rings. The van der Waals surface area contributed by atoms with E-state index >= 15 is 0 Å². The summed E-state index contributed by atoms with van der Waals surface area (Å²) < 4.78 is 2.05. The molecule has 3 aliphatic heterocycles.